The summed E-state index contributed by atoms with van der Waals surface area (Å²) in [5.74, 6) is -7.33. The van der Waals surface area contributed by atoms with Crippen LogP contribution in [0.25, 0.3) is 0 Å². The van der Waals surface area contributed by atoms with Gasteiger partial charge < -0.3 is 39.4 Å². The van der Waals surface area contributed by atoms with Gasteiger partial charge in [-0.2, -0.15) is 0 Å². The van der Waals surface area contributed by atoms with Crippen molar-refractivity contribution in [2.45, 2.75) is 153 Å². The standard InChI is InChI=1S/C39H59NO11/c1-9-20(4)33(43)49-28-13-14-35(7)26-15-25(48-22(6)41)31-37(35,51-39(26,28)47)16-24-23-18-40-17-19(3)11-12-27(40)36(8,45)29(23)30(42)32(38(24,31)46)50-34(44)21(5)10-2/h9,19,21,23-32,42,45-47H,10-18H2,1-8H3/b20-9-/t19-,21?,23-,24?,25+,26?,27?,28-,29?,30+,31?,32-,35-,36+,37+,38-,39-/m0/s1. The number of esters is 3. The molecule has 6 unspecified atom stereocenters. The zero-order chi connectivity index (χ0) is 37.2. The molecule has 0 radical (unpaired) electrons. The zero-order valence-electron chi connectivity index (χ0n) is 31.5. The molecule has 7 rings (SSSR count). The molecule has 4 N–H and O–H groups in total. The summed E-state index contributed by atoms with van der Waals surface area (Å²) in [6.45, 7) is 15.5. The number of hydrogen-bond donors (Lipinski definition) is 4. The van der Waals surface area contributed by atoms with E-state index in [0.717, 1.165) is 19.4 Å². The smallest absolute Gasteiger partial charge is 0.333 e. The Labute approximate surface area is 301 Å². The summed E-state index contributed by atoms with van der Waals surface area (Å²) in [6.07, 6.45) is -0.00676. The molecule has 7 aliphatic rings. The van der Waals surface area contributed by atoms with Crippen molar-refractivity contribution in [3.05, 3.63) is 11.6 Å². The quantitative estimate of drug-likeness (QED) is 0.180. The Morgan fingerprint density at radius 2 is 1.75 bits per heavy atom. The lowest BCUT2D eigenvalue weighted by atomic mass is 9.49. The van der Waals surface area contributed by atoms with Crippen molar-refractivity contribution < 1.29 is 53.8 Å². The predicted octanol–water partition coefficient (Wildman–Crippen LogP) is 2.87. The fraction of sp³-hybridized carbons (Fsp3) is 0.872. The fourth-order valence-corrected chi connectivity index (χ4v) is 12.7. The van der Waals surface area contributed by atoms with Crippen LogP contribution in [-0.2, 0) is 33.3 Å². The van der Waals surface area contributed by atoms with Crippen LogP contribution in [0.3, 0.4) is 0 Å². The lowest BCUT2D eigenvalue weighted by Gasteiger charge is -2.64. The van der Waals surface area contributed by atoms with Crippen molar-refractivity contribution in [2.75, 3.05) is 13.1 Å². The first-order chi connectivity index (χ1) is 23.8. The van der Waals surface area contributed by atoms with E-state index in [2.05, 4.69) is 11.8 Å². The van der Waals surface area contributed by atoms with Gasteiger partial charge in [-0.3, -0.25) is 14.5 Å². The maximum absolute atomic E-state index is 13.7. The topological polar surface area (TPSA) is 172 Å². The van der Waals surface area contributed by atoms with E-state index in [1.165, 1.54) is 6.92 Å². The zero-order valence-corrected chi connectivity index (χ0v) is 31.5. The summed E-state index contributed by atoms with van der Waals surface area (Å²) < 4.78 is 25.3. The monoisotopic (exact) mass is 717 g/mol. The molecule has 0 amide bonds. The molecule has 12 heteroatoms. The summed E-state index contributed by atoms with van der Waals surface area (Å²) in [5.41, 5.74) is -5.06. The van der Waals surface area contributed by atoms with Gasteiger partial charge in [-0.1, -0.05) is 33.8 Å². The minimum absolute atomic E-state index is 0.102. The molecule has 3 aliphatic heterocycles. The van der Waals surface area contributed by atoms with Crippen LogP contribution in [0.2, 0.25) is 0 Å². The van der Waals surface area contributed by atoms with E-state index in [1.807, 2.05) is 13.8 Å². The van der Waals surface area contributed by atoms with Crippen molar-refractivity contribution in [3.8, 4) is 0 Å². The highest BCUT2D eigenvalue weighted by Gasteiger charge is 2.87. The number of nitrogens with zero attached hydrogens (tertiary/aromatic N) is 1. The van der Waals surface area contributed by atoms with Crippen LogP contribution < -0.4 is 0 Å². The molecule has 51 heavy (non-hydrogen) atoms. The van der Waals surface area contributed by atoms with Gasteiger partial charge in [-0.05, 0) is 83.5 Å². The summed E-state index contributed by atoms with van der Waals surface area (Å²) in [6, 6.07) is -0.224. The second-order valence-corrected chi connectivity index (χ2v) is 17.9. The molecule has 0 aromatic rings. The first-order valence-corrected chi connectivity index (χ1v) is 19.3. The molecule has 3 heterocycles. The molecule has 0 aromatic carbocycles. The minimum atomic E-state index is -1.97. The second-order valence-electron chi connectivity index (χ2n) is 17.9. The van der Waals surface area contributed by atoms with Gasteiger partial charge in [-0.15, -0.1) is 0 Å². The number of fused-ring (bicyclic) bond motifs is 5. The van der Waals surface area contributed by atoms with Crippen molar-refractivity contribution in [2.24, 2.45) is 46.8 Å². The van der Waals surface area contributed by atoms with E-state index in [-0.39, 0.29) is 18.9 Å². The molecule has 17 atom stereocenters. The molecule has 4 aliphatic carbocycles. The highest BCUT2D eigenvalue weighted by atomic mass is 16.7. The van der Waals surface area contributed by atoms with Crippen molar-refractivity contribution in [1.29, 1.82) is 0 Å². The molecule has 12 nitrogen and oxygen atoms in total. The molecular formula is C39H59NO11. The van der Waals surface area contributed by atoms with Crippen LogP contribution in [-0.4, -0.2) is 109 Å². The van der Waals surface area contributed by atoms with E-state index in [9.17, 15) is 34.8 Å². The number of piperidine rings is 2. The van der Waals surface area contributed by atoms with Crippen LogP contribution >= 0.6 is 0 Å². The number of carbonyl (C=O) groups excluding carboxylic acids is 3. The maximum atomic E-state index is 13.7. The maximum Gasteiger partial charge on any atom is 0.333 e. The van der Waals surface area contributed by atoms with Gasteiger partial charge in [-0.25, -0.2) is 4.79 Å². The van der Waals surface area contributed by atoms with E-state index >= 15 is 0 Å². The van der Waals surface area contributed by atoms with Crippen LogP contribution in [0, 0.1) is 46.8 Å². The highest BCUT2D eigenvalue weighted by Crippen LogP contribution is 2.77. The van der Waals surface area contributed by atoms with Crippen LogP contribution in [0.1, 0.15) is 100 Å². The first-order valence-electron chi connectivity index (χ1n) is 19.3. The minimum Gasteiger partial charge on any atom is -0.462 e. The van der Waals surface area contributed by atoms with Crippen molar-refractivity contribution >= 4 is 17.9 Å². The summed E-state index contributed by atoms with van der Waals surface area (Å²) in [5, 5.41) is 51.3. The molecule has 1 spiro atoms. The SMILES string of the molecule is C/C=C(/C)C(=O)O[C@H]1CC[C@@]2(C)C3C[C@@H](OC(C)=O)C4[C@@]5(O)C(C[C@@]42O[C@@]31O)[C@@H]1CN2C[C@@H](C)CCC2[C@@](C)(O)C1[C@@H](O)[C@@H]5OC(=O)C(C)CC. The van der Waals surface area contributed by atoms with Gasteiger partial charge in [0.15, 0.2) is 12.2 Å². The third kappa shape index (κ3) is 4.94. The number of aliphatic hydroxyl groups is 4. The molecule has 0 aromatic heterocycles. The number of hydrogen-bond acceptors (Lipinski definition) is 12. The van der Waals surface area contributed by atoms with Crippen LogP contribution in [0.4, 0.5) is 0 Å². The Morgan fingerprint density at radius 3 is 2.39 bits per heavy atom. The highest BCUT2D eigenvalue weighted by molar-refractivity contribution is 5.87. The number of rotatable bonds is 6. The van der Waals surface area contributed by atoms with Gasteiger partial charge in [0, 0.05) is 48.9 Å². The first kappa shape index (κ1) is 37.2. The van der Waals surface area contributed by atoms with Gasteiger partial charge in [0.25, 0.3) is 0 Å². The van der Waals surface area contributed by atoms with E-state index in [1.54, 1.807) is 33.8 Å². The van der Waals surface area contributed by atoms with Crippen LogP contribution in [0.15, 0.2) is 11.6 Å². The number of carbonyl (C=O) groups is 3. The molecule has 7 fully saturated rings. The second kappa shape index (κ2) is 12.2. The summed E-state index contributed by atoms with van der Waals surface area (Å²) in [7, 11) is 0. The summed E-state index contributed by atoms with van der Waals surface area (Å²) in [4.78, 5) is 41.9. The lowest BCUT2D eigenvalue weighted by Crippen LogP contribution is -2.77. The van der Waals surface area contributed by atoms with Gasteiger partial charge in [0.2, 0.25) is 5.79 Å². The summed E-state index contributed by atoms with van der Waals surface area (Å²) >= 11 is 0. The van der Waals surface area contributed by atoms with Crippen LogP contribution in [0.5, 0.6) is 0 Å². The van der Waals surface area contributed by atoms with Gasteiger partial charge in [0.1, 0.15) is 11.7 Å². The Morgan fingerprint density at radius 1 is 1.04 bits per heavy atom. The number of aliphatic hydroxyl groups excluding tert-OH is 1. The molecule has 4 saturated carbocycles. The molecule has 4 bridgehead atoms. The average molecular weight is 718 g/mol. The van der Waals surface area contributed by atoms with E-state index in [4.69, 9.17) is 18.9 Å². The van der Waals surface area contributed by atoms with Gasteiger partial charge in [0.05, 0.1) is 29.1 Å². The Kier molecular flexibility index (Phi) is 8.92. The Bertz CT molecular complexity index is 1480. The largest absolute Gasteiger partial charge is 0.462 e. The average Bonchev–Trinajstić information content (AvgIpc) is 3.33. The van der Waals surface area contributed by atoms with E-state index < -0.39 is 106 Å². The Balaban J connectivity index is 1.40. The van der Waals surface area contributed by atoms with Gasteiger partial charge >= 0.3 is 17.9 Å². The number of ether oxygens (including phenoxy) is 4. The number of allylic oxidation sites excluding steroid dienone is 1. The molecule has 286 valence electrons. The normalized spacial score (nSPS) is 52.1. The molecule has 3 saturated heterocycles. The Hall–Kier alpha value is -2.09. The van der Waals surface area contributed by atoms with Crippen molar-refractivity contribution in [1.82, 2.24) is 4.90 Å². The predicted molar refractivity (Wildman–Crippen MR) is 182 cm³/mol. The third-order valence-corrected chi connectivity index (χ3v) is 15.3. The molecular weight excluding hydrogens is 658 g/mol. The fourth-order valence-electron chi connectivity index (χ4n) is 12.7. The third-order valence-electron chi connectivity index (χ3n) is 15.3. The van der Waals surface area contributed by atoms with Crippen molar-refractivity contribution in [3.63, 3.8) is 0 Å². The lowest BCUT2D eigenvalue weighted by molar-refractivity contribution is -0.300. The van der Waals surface area contributed by atoms with E-state index in [0.29, 0.717) is 37.3 Å².